The summed E-state index contributed by atoms with van der Waals surface area (Å²) in [6.45, 7) is 6.02. The van der Waals surface area contributed by atoms with Gasteiger partial charge in [-0.3, -0.25) is 0 Å². The minimum Gasteiger partial charge on any atom is -0.398 e. The maximum Gasteiger partial charge on any atom is 0.0726 e. The van der Waals surface area contributed by atoms with Crippen molar-refractivity contribution >= 4 is 21.6 Å². The maximum absolute atomic E-state index is 5.77. The van der Waals surface area contributed by atoms with Gasteiger partial charge in [-0.25, -0.2) is 0 Å². The first kappa shape index (κ1) is 12.9. The Bertz CT molecular complexity index is 410. The molecule has 2 rings (SSSR count). The summed E-state index contributed by atoms with van der Waals surface area (Å²) in [7, 11) is 0. The Morgan fingerprint density at radius 1 is 1.59 bits per heavy atom. The van der Waals surface area contributed by atoms with E-state index in [4.69, 9.17) is 10.5 Å². The predicted octanol–water partition coefficient (Wildman–Crippen LogP) is 2.69. The summed E-state index contributed by atoms with van der Waals surface area (Å²) in [6.07, 6.45) is 1.32. The highest BCUT2D eigenvalue weighted by Crippen LogP contribution is 2.26. The van der Waals surface area contributed by atoms with Crippen molar-refractivity contribution in [2.45, 2.75) is 38.5 Å². The van der Waals surface area contributed by atoms with Gasteiger partial charge in [-0.15, -0.1) is 0 Å². The van der Waals surface area contributed by atoms with Crippen molar-refractivity contribution in [3.05, 3.63) is 28.2 Å². The van der Waals surface area contributed by atoms with Gasteiger partial charge >= 0.3 is 0 Å². The lowest BCUT2D eigenvalue weighted by Gasteiger charge is -2.29. The molecule has 1 aromatic carbocycles. The van der Waals surface area contributed by atoms with Gasteiger partial charge in [0.25, 0.3) is 0 Å². The molecule has 0 aliphatic carbocycles. The van der Waals surface area contributed by atoms with Crippen LogP contribution in [0.1, 0.15) is 25.8 Å². The molecule has 4 heteroatoms. The van der Waals surface area contributed by atoms with Crippen LogP contribution in [0.25, 0.3) is 0 Å². The molecule has 17 heavy (non-hydrogen) atoms. The van der Waals surface area contributed by atoms with E-state index in [1.165, 1.54) is 5.56 Å². The number of rotatable bonds is 3. The number of hydrogen-bond acceptors (Lipinski definition) is 3. The van der Waals surface area contributed by atoms with Crippen molar-refractivity contribution < 1.29 is 4.74 Å². The zero-order valence-corrected chi connectivity index (χ0v) is 11.9. The lowest BCUT2D eigenvalue weighted by Crippen LogP contribution is -2.47. The summed E-state index contributed by atoms with van der Waals surface area (Å²) in [5.74, 6) is 0. The molecule has 0 radical (unpaired) electrons. The molecule has 94 valence electrons. The van der Waals surface area contributed by atoms with Crippen molar-refractivity contribution in [1.82, 2.24) is 5.32 Å². The molecule has 1 aliphatic rings. The molecule has 1 fully saturated rings. The summed E-state index contributed by atoms with van der Waals surface area (Å²) < 4.78 is 6.56. The van der Waals surface area contributed by atoms with E-state index in [1.807, 2.05) is 6.07 Å². The second-order valence-electron chi connectivity index (χ2n) is 4.89. The van der Waals surface area contributed by atoms with Gasteiger partial charge in [0, 0.05) is 28.9 Å². The second kappa shape index (κ2) is 4.96. The van der Waals surface area contributed by atoms with E-state index >= 15 is 0 Å². The van der Waals surface area contributed by atoms with E-state index in [0.717, 1.165) is 29.7 Å². The molecule has 1 heterocycles. The molecule has 1 aromatic rings. The highest BCUT2D eigenvalue weighted by molar-refractivity contribution is 9.10. The monoisotopic (exact) mass is 298 g/mol. The molecule has 1 saturated heterocycles. The van der Waals surface area contributed by atoms with Gasteiger partial charge in [-0.2, -0.15) is 0 Å². The summed E-state index contributed by atoms with van der Waals surface area (Å²) in [6, 6.07) is 6.04. The first-order chi connectivity index (χ1) is 8.01. The van der Waals surface area contributed by atoms with Gasteiger partial charge in [0.1, 0.15) is 0 Å². The van der Waals surface area contributed by atoms with Crippen molar-refractivity contribution in [3.8, 4) is 0 Å². The Morgan fingerprint density at radius 2 is 2.35 bits per heavy atom. The van der Waals surface area contributed by atoms with Crippen LogP contribution >= 0.6 is 15.9 Å². The van der Waals surface area contributed by atoms with Crippen LogP contribution in [-0.2, 0) is 11.3 Å². The zero-order valence-electron chi connectivity index (χ0n) is 10.3. The Kier molecular flexibility index (Phi) is 3.76. The molecule has 2 atom stereocenters. The van der Waals surface area contributed by atoms with Crippen molar-refractivity contribution in [3.63, 3.8) is 0 Å². The molecule has 3 N–H and O–H groups in total. The van der Waals surface area contributed by atoms with E-state index in [9.17, 15) is 0 Å². The molecule has 0 spiro atoms. The van der Waals surface area contributed by atoms with Gasteiger partial charge in [-0.05, 0) is 53.9 Å². The fourth-order valence-electron chi connectivity index (χ4n) is 2.05. The highest BCUT2D eigenvalue weighted by Gasteiger charge is 2.36. The third kappa shape index (κ3) is 2.81. The van der Waals surface area contributed by atoms with Gasteiger partial charge in [0.2, 0.25) is 0 Å². The number of nitrogen functional groups attached to an aromatic ring is 1. The van der Waals surface area contributed by atoms with Gasteiger partial charge in [-0.1, -0.05) is 6.07 Å². The summed E-state index contributed by atoms with van der Waals surface area (Å²) in [5, 5.41) is 3.58. The normalized spacial score (nSPS) is 28.5. The van der Waals surface area contributed by atoms with Crippen LogP contribution in [0.2, 0.25) is 0 Å². The van der Waals surface area contributed by atoms with Gasteiger partial charge in [0.15, 0.2) is 0 Å². The molecule has 0 bridgehead atoms. The van der Waals surface area contributed by atoms with Crippen LogP contribution in [0.5, 0.6) is 0 Å². The number of hydrogen-bond donors (Lipinski definition) is 2. The minimum atomic E-state index is 0.0772. The van der Waals surface area contributed by atoms with E-state index in [0.29, 0.717) is 0 Å². The lowest BCUT2D eigenvalue weighted by molar-refractivity contribution is 0.0881. The highest BCUT2D eigenvalue weighted by atomic mass is 79.9. The van der Waals surface area contributed by atoms with E-state index < -0.39 is 0 Å². The van der Waals surface area contributed by atoms with Crippen molar-refractivity contribution in [2.75, 3.05) is 12.3 Å². The smallest absolute Gasteiger partial charge is 0.0726 e. The number of nitrogens with one attached hydrogen (secondary N) is 1. The van der Waals surface area contributed by atoms with Gasteiger partial charge < -0.3 is 15.8 Å². The van der Waals surface area contributed by atoms with Crippen LogP contribution in [0, 0.1) is 0 Å². The van der Waals surface area contributed by atoms with Crippen LogP contribution in [0.3, 0.4) is 0 Å². The number of benzene rings is 1. The third-order valence-electron chi connectivity index (χ3n) is 3.65. The lowest BCUT2D eigenvalue weighted by atomic mass is 9.94. The molecular formula is C13H19BrN2O. The SMILES string of the molecule is CC1OCCC1(C)NCc1ccc(N)c(Br)c1. The number of anilines is 1. The molecular weight excluding hydrogens is 280 g/mol. The van der Waals surface area contributed by atoms with Gasteiger partial charge in [0.05, 0.1) is 6.10 Å². The second-order valence-corrected chi connectivity index (χ2v) is 5.74. The first-order valence-corrected chi connectivity index (χ1v) is 6.71. The Balaban J connectivity index is 2.00. The molecule has 2 unspecified atom stereocenters. The van der Waals surface area contributed by atoms with E-state index in [2.05, 4.69) is 47.2 Å². The summed E-state index contributed by atoms with van der Waals surface area (Å²) >= 11 is 3.45. The Hall–Kier alpha value is -0.580. The maximum atomic E-state index is 5.77. The molecule has 1 aliphatic heterocycles. The Labute approximate surface area is 111 Å². The topological polar surface area (TPSA) is 47.3 Å². The molecule has 3 nitrogen and oxygen atoms in total. The summed E-state index contributed by atoms with van der Waals surface area (Å²) in [4.78, 5) is 0. The van der Waals surface area contributed by atoms with Crippen LogP contribution < -0.4 is 11.1 Å². The fraction of sp³-hybridized carbons (Fsp3) is 0.538. The van der Waals surface area contributed by atoms with E-state index in [1.54, 1.807) is 0 Å². The minimum absolute atomic E-state index is 0.0772. The largest absolute Gasteiger partial charge is 0.398 e. The molecule has 0 saturated carbocycles. The van der Waals surface area contributed by atoms with Crippen molar-refractivity contribution in [2.24, 2.45) is 0 Å². The van der Waals surface area contributed by atoms with Crippen LogP contribution in [0.15, 0.2) is 22.7 Å². The Morgan fingerprint density at radius 3 is 2.94 bits per heavy atom. The van der Waals surface area contributed by atoms with Crippen LogP contribution in [-0.4, -0.2) is 18.2 Å². The predicted molar refractivity (Wildman–Crippen MR) is 73.8 cm³/mol. The zero-order chi connectivity index (χ0) is 12.5. The first-order valence-electron chi connectivity index (χ1n) is 5.92. The average molecular weight is 299 g/mol. The molecule has 0 amide bonds. The van der Waals surface area contributed by atoms with E-state index in [-0.39, 0.29) is 11.6 Å². The fourth-order valence-corrected chi connectivity index (χ4v) is 2.48. The molecule has 0 aromatic heterocycles. The number of halogens is 1. The average Bonchev–Trinajstić information content (AvgIpc) is 2.62. The number of ether oxygens (including phenoxy) is 1. The number of nitrogens with two attached hydrogens (primary N) is 1. The third-order valence-corrected chi connectivity index (χ3v) is 4.33. The summed E-state index contributed by atoms with van der Waals surface area (Å²) in [5.41, 5.74) is 7.85. The van der Waals surface area contributed by atoms with Crippen molar-refractivity contribution in [1.29, 1.82) is 0 Å². The van der Waals surface area contributed by atoms with Crippen LogP contribution in [0.4, 0.5) is 5.69 Å². The quantitative estimate of drug-likeness (QED) is 0.844. The standard InChI is InChI=1S/C13H19BrN2O/c1-9-13(2,5-6-17-9)16-8-10-3-4-12(15)11(14)7-10/h3-4,7,9,16H,5-6,8,15H2,1-2H3.